The number of carbonyl (C=O) groups is 1. The highest BCUT2D eigenvalue weighted by molar-refractivity contribution is 7.99. The van der Waals surface area contributed by atoms with Crippen molar-refractivity contribution in [2.45, 2.75) is 45.5 Å². The van der Waals surface area contributed by atoms with Gasteiger partial charge in [0.15, 0.2) is 0 Å². The van der Waals surface area contributed by atoms with Crippen LogP contribution in [0.2, 0.25) is 0 Å². The largest absolute Gasteiger partial charge is 0.492 e. The van der Waals surface area contributed by atoms with Crippen LogP contribution in [0, 0.1) is 6.92 Å². The number of hydrogen-bond donors (Lipinski definition) is 2. The maximum Gasteiger partial charge on any atom is 0.255 e. The fraction of sp³-hybridized carbons (Fsp3) is 0.258. The summed E-state index contributed by atoms with van der Waals surface area (Å²) in [6.45, 7) is 8.92. The predicted molar refractivity (Wildman–Crippen MR) is 159 cm³/mol. The van der Waals surface area contributed by atoms with Gasteiger partial charge in [0.1, 0.15) is 24.1 Å². The molecule has 0 saturated heterocycles. The molecule has 3 aromatic carbocycles. The Morgan fingerprint density at radius 3 is 2.50 bits per heavy atom. The van der Waals surface area contributed by atoms with Gasteiger partial charge in [-0.1, -0.05) is 67.2 Å². The van der Waals surface area contributed by atoms with Gasteiger partial charge < -0.3 is 20.1 Å². The molecular formula is C31H33N5O3S. The zero-order valence-corrected chi connectivity index (χ0v) is 23.9. The van der Waals surface area contributed by atoms with Crippen LogP contribution in [0.4, 0.5) is 11.6 Å². The number of anilines is 2. The fourth-order valence-electron chi connectivity index (χ4n) is 4.64. The predicted octanol–water partition coefficient (Wildman–Crippen LogP) is 6.60. The van der Waals surface area contributed by atoms with Crippen LogP contribution in [0.1, 0.15) is 43.5 Å². The Hall–Kier alpha value is -4.24. The summed E-state index contributed by atoms with van der Waals surface area (Å²) in [5, 5.41) is 11.8. The van der Waals surface area contributed by atoms with Gasteiger partial charge in [0.05, 0.1) is 17.9 Å². The van der Waals surface area contributed by atoms with Crippen LogP contribution in [0.15, 0.2) is 89.2 Å². The first-order chi connectivity index (χ1) is 19.5. The highest BCUT2D eigenvalue weighted by Gasteiger charge is 2.34. The Kier molecular flexibility index (Phi) is 8.40. The second kappa shape index (κ2) is 12.3. The molecule has 1 atom stereocenters. The number of aryl methyl sites for hydroxylation is 1. The Labute approximate surface area is 238 Å². The van der Waals surface area contributed by atoms with Gasteiger partial charge in [-0.15, -0.1) is 5.10 Å². The summed E-state index contributed by atoms with van der Waals surface area (Å²) in [6, 6.07) is 23.0. The smallest absolute Gasteiger partial charge is 0.255 e. The Balaban J connectivity index is 1.46. The minimum absolute atomic E-state index is 0.243. The van der Waals surface area contributed by atoms with Crippen LogP contribution in [0.5, 0.6) is 11.5 Å². The molecule has 1 amide bonds. The lowest BCUT2D eigenvalue weighted by Crippen LogP contribution is -2.31. The first-order valence-corrected chi connectivity index (χ1v) is 14.3. The normalized spacial score (nSPS) is 14.3. The van der Waals surface area contributed by atoms with E-state index < -0.39 is 6.04 Å². The van der Waals surface area contributed by atoms with E-state index in [1.165, 1.54) is 5.56 Å². The molecular weight excluding hydrogens is 522 g/mol. The standard InChI is InChI=1S/C31H33N5O3S/c1-5-38-26-14-10-9-13-25(26)33-29(37)27-21(4)32-30-34-31(40-6-2)35-36(30)28(27)22-15-17-24(18-16-22)39-19-23-12-8-7-11-20(23)3/h7-18,28H,5-6,19H2,1-4H3,(H,33,37)(H,32,34,35). The highest BCUT2D eigenvalue weighted by Crippen LogP contribution is 2.38. The van der Waals surface area contributed by atoms with Gasteiger partial charge in [0.2, 0.25) is 11.1 Å². The number of para-hydroxylation sites is 2. The molecule has 1 unspecified atom stereocenters. The summed E-state index contributed by atoms with van der Waals surface area (Å²) >= 11 is 1.56. The number of aromatic nitrogens is 3. The van der Waals surface area contributed by atoms with Crippen molar-refractivity contribution in [3.63, 3.8) is 0 Å². The minimum atomic E-state index is -0.486. The summed E-state index contributed by atoms with van der Waals surface area (Å²) < 4.78 is 13.6. The lowest BCUT2D eigenvalue weighted by Gasteiger charge is -2.29. The topological polar surface area (TPSA) is 90.3 Å². The summed E-state index contributed by atoms with van der Waals surface area (Å²) in [5.74, 6) is 2.57. The number of nitrogens with one attached hydrogen (secondary N) is 2. The quantitative estimate of drug-likeness (QED) is 0.213. The third-order valence-corrected chi connectivity index (χ3v) is 7.36. The maximum atomic E-state index is 13.9. The number of thioether (sulfide) groups is 1. The molecule has 8 nitrogen and oxygen atoms in total. The van der Waals surface area contributed by atoms with E-state index in [2.05, 4.69) is 41.6 Å². The number of fused-ring (bicyclic) bond motifs is 1. The summed E-state index contributed by atoms with van der Waals surface area (Å²) in [6.07, 6.45) is 0. The molecule has 206 valence electrons. The number of nitrogens with zero attached hydrogens (tertiary/aromatic N) is 3. The Morgan fingerprint density at radius 1 is 1.00 bits per heavy atom. The molecule has 2 heterocycles. The van der Waals surface area contributed by atoms with E-state index in [4.69, 9.17) is 14.6 Å². The number of hydrogen-bond acceptors (Lipinski definition) is 7. The van der Waals surface area contributed by atoms with E-state index in [0.29, 0.717) is 47.0 Å². The van der Waals surface area contributed by atoms with Crippen molar-refractivity contribution >= 4 is 29.3 Å². The number of carbonyl (C=O) groups excluding carboxylic acids is 1. The first kappa shape index (κ1) is 27.3. The Morgan fingerprint density at radius 2 is 1.75 bits per heavy atom. The van der Waals surface area contributed by atoms with Gasteiger partial charge in [-0.3, -0.25) is 4.79 Å². The zero-order valence-electron chi connectivity index (χ0n) is 23.1. The lowest BCUT2D eigenvalue weighted by atomic mass is 9.95. The van der Waals surface area contributed by atoms with E-state index >= 15 is 0 Å². The van der Waals surface area contributed by atoms with Crippen molar-refractivity contribution in [2.24, 2.45) is 0 Å². The van der Waals surface area contributed by atoms with Crippen LogP contribution in [0.25, 0.3) is 0 Å². The SMILES string of the molecule is CCOc1ccccc1NC(=O)C1=C(C)Nc2nc(SCC)nn2C1c1ccc(OCc2ccccc2C)cc1. The van der Waals surface area contributed by atoms with Gasteiger partial charge in [-0.05, 0) is 67.5 Å². The summed E-state index contributed by atoms with van der Waals surface area (Å²) in [4.78, 5) is 18.5. The van der Waals surface area contributed by atoms with Crippen LogP contribution >= 0.6 is 11.8 Å². The van der Waals surface area contributed by atoms with Gasteiger partial charge in [0.25, 0.3) is 5.91 Å². The third-order valence-electron chi connectivity index (χ3n) is 6.64. The molecule has 4 aromatic rings. The third kappa shape index (κ3) is 5.84. The van der Waals surface area contributed by atoms with Crippen LogP contribution in [-0.4, -0.2) is 33.0 Å². The van der Waals surface area contributed by atoms with Gasteiger partial charge in [0, 0.05) is 5.70 Å². The molecule has 0 aliphatic carbocycles. The molecule has 1 aliphatic rings. The van der Waals surface area contributed by atoms with Crippen molar-refractivity contribution in [3.05, 3.63) is 101 Å². The number of amides is 1. The van der Waals surface area contributed by atoms with Gasteiger partial charge in [-0.25, -0.2) is 4.68 Å². The van der Waals surface area contributed by atoms with Crippen LogP contribution in [-0.2, 0) is 11.4 Å². The maximum absolute atomic E-state index is 13.9. The van der Waals surface area contributed by atoms with Crippen LogP contribution in [0.3, 0.4) is 0 Å². The molecule has 1 aliphatic heterocycles. The highest BCUT2D eigenvalue weighted by atomic mass is 32.2. The molecule has 2 N–H and O–H groups in total. The summed E-state index contributed by atoms with van der Waals surface area (Å²) in [7, 11) is 0. The van der Waals surface area contributed by atoms with Crippen molar-refractivity contribution < 1.29 is 14.3 Å². The first-order valence-electron chi connectivity index (χ1n) is 13.4. The minimum Gasteiger partial charge on any atom is -0.492 e. The number of allylic oxidation sites excluding steroid dienone is 1. The van der Waals surface area contributed by atoms with E-state index in [-0.39, 0.29) is 5.91 Å². The second-order valence-corrected chi connectivity index (χ2v) is 10.6. The van der Waals surface area contributed by atoms with Gasteiger partial charge in [-0.2, -0.15) is 4.98 Å². The molecule has 0 saturated carbocycles. The number of ether oxygens (including phenoxy) is 2. The molecule has 0 bridgehead atoms. The molecule has 0 radical (unpaired) electrons. The monoisotopic (exact) mass is 555 g/mol. The second-order valence-electron chi connectivity index (χ2n) is 9.33. The van der Waals surface area contributed by atoms with Crippen molar-refractivity contribution in [1.82, 2.24) is 14.8 Å². The fourth-order valence-corrected chi connectivity index (χ4v) is 5.20. The average Bonchev–Trinajstić information content (AvgIpc) is 3.35. The molecule has 0 spiro atoms. The van der Waals surface area contributed by atoms with Gasteiger partial charge >= 0.3 is 0 Å². The Bertz CT molecular complexity index is 1530. The molecule has 40 heavy (non-hydrogen) atoms. The van der Waals surface area contributed by atoms with E-state index in [1.54, 1.807) is 16.4 Å². The molecule has 1 aromatic heterocycles. The molecule has 0 fully saturated rings. The van der Waals surface area contributed by atoms with E-state index in [0.717, 1.165) is 22.6 Å². The van der Waals surface area contributed by atoms with E-state index in [9.17, 15) is 4.79 Å². The zero-order chi connectivity index (χ0) is 28.1. The summed E-state index contributed by atoms with van der Waals surface area (Å²) in [5.41, 5.74) is 5.10. The van der Waals surface area contributed by atoms with Crippen molar-refractivity contribution in [2.75, 3.05) is 23.0 Å². The molecule has 5 rings (SSSR count). The number of benzene rings is 3. The van der Waals surface area contributed by atoms with E-state index in [1.807, 2.05) is 74.5 Å². The molecule has 9 heteroatoms. The van der Waals surface area contributed by atoms with Crippen molar-refractivity contribution in [3.8, 4) is 11.5 Å². The average molecular weight is 556 g/mol. The van der Waals surface area contributed by atoms with Crippen molar-refractivity contribution in [1.29, 1.82) is 0 Å². The number of rotatable bonds is 10. The van der Waals surface area contributed by atoms with Crippen LogP contribution < -0.4 is 20.1 Å². The lowest BCUT2D eigenvalue weighted by molar-refractivity contribution is -0.113.